The van der Waals surface area contributed by atoms with Crippen LogP contribution in [-0.4, -0.2) is 20.8 Å². The molecule has 0 spiro atoms. The molecule has 94 valence electrons. The van der Waals surface area contributed by atoms with E-state index in [1.165, 1.54) is 6.07 Å². The average Bonchev–Trinajstić information content (AvgIpc) is 2.72. The Balaban J connectivity index is 1.86. The first-order valence-corrected chi connectivity index (χ1v) is 6.18. The molecule has 1 aliphatic rings. The minimum absolute atomic E-state index is 0.214. The van der Waals surface area contributed by atoms with Gasteiger partial charge in [-0.15, -0.1) is 0 Å². The van der Waals surface area contributed by atoms with Gasteiger partial charge in [0, 0.05) is 31.3 Å². The van der Waals surface area contributed by atoms with Crippen molar-refractivity contribution in [1.82, 2.24) is 9.55 Å². The van der Waals surface area contributed by atoms with Crippen molar-refractivity contribution < 1.29 is 9.50 Å². The first kappa shape index (κ1) is 11.4. The lowest BCUT2D eigenvalue weighted by Gasteiger charge is -2.21. The summed E-state index contributed by atoms with van der Waals surface area (Å²) in [6.45, 7) is 0.793. The number of aliphatic hydroxyl groups is 1. The summed E-state index contributed by atoms with van der Waals surface area (Å²) in [7, 11) is 0. The molecule has 0 radical (unpaired) electrons. The van der Waals surface area contributed by atoms with E-state index in [4.69, 9.17) is 0 Å². The normalized spacial score (nSPS) is 18.7. The fraction of sp³-hybridized carbons (Fsp3) is 0.357. The molecule has 4 heteroatoms. The van der Waals surface area contributed by atoms with Gasteiger partial charge in [0.25, 0.3) is 0 Å². The van der Waals surface area contributed by atoms with Crippen molar-refractivity contribution >= 4 is 0 Å². The molecule has 1 N–H and O–H groups in total. The zero-order valence-electron chi connectivity index (χ0n) is 10.0. The van der Waals surface area contributed by atoms with Crippen LogP contribution in [0.1, 0.15) is 23.5 Å². The van der Waals surface area contributed by atoms with Crippen LogP contribution in [0.2, 0.25) is 0 Å². The molecule has 18 heavy (non-hydrogen) atoms. The van der Waals surface area contributed by atoms with Gasteiger partial charge in [0.05, 0.1) is 6.10 Å². The summed E-state index contributed by atoms with van der Waals surface area (Å²) < 4.78 is 15.3. The standard InChI is InChI=1S/C14H15FN2O/c15-11-3-1-2-10(6-11)7-14-16-9-12-8-13(18)4-5-17(12)14/h1-3,6,9,13,18H,4-5,7-8H2. The number of hydrogen-bond donors (Lipinski definition) is 1. The quantitative estimate of drug-likeness (QED) is 0.879. The van der Waals surface area contributed by atoms with E-state index in [-0.39, 0.29) is 11.9 Å². The minimum Gasteiger partial charge on any atom is -0.393 e. The molecule has 1 atom stereocenters. The summed E-state index contributed by atoms with van der Waals surface area (Å²) in [5.74, 6) is 0.732. The van der Waals surface area contributed by atoms with E-state index in [0.717, 1.165) is 30.0 Å². The summed E-state index contributed by atoms with van der Waals surface area (Å²) in [5.41, 5.74) is 2.00. The van der Waals surface area contributed by atoms with Crippen molar-refractivity contribution in [3.8, 4) is 0 Å². The number of nitrogens with zero attached hydrogens (tertiary/aromatic N) is 2. The van der Waals surface area contributed by atoms with Gasteiger partial charge in [0.1, 0.15) is 11.6 Å². The highest BCUT2D eigenvalue weighted by Crippen LogP contribution is 2.19. The number of aromatic nitrogens is 2. The van der Waals surface area contributed by atoms with Crippen molar-refractivity contribution in [2.24, 2.45) is 0 Å². The van der Waals surface area contributed by atoms with Crippen LogP contribution >= 0.6 is 0 Å². The molecule has 1 unspecified atom stereocenters. The molecule has 1 aliphatic heterocycles. The summed E-state index contributed by atoms with van der Waals surface area (Å²) in [6.07, 6.45) is 3.62. The van der Waals surface area contributed by atoms with Gasteiger partial charge in [-0.1, -0.05) is 12.1 Å². The van der Waals surface area contributed by atoms with Crippen LogP contribution in [0.25, 0.3) is 0 Å². The Morgan fingerprint density at radius 3 is 3.17 bits per heavy atom. The van der Waals surface area contributed by atoms with Crippen molar-refractivity contribution in [2.75, 3.05) is 0 Å². The molecule has 0 saturated carbocycles. The largest absolute Gasteiger partial charge is 0.393 e. The van der Waals surface area contributed by atoms with Gasteiger partial charge < -0.3 is 9.67 Å². The Kier molecular flexibility index (Phi) is 2.88. The SMILES string of the molecule is OC1CCn2c(cnc2Cc2cccc(F)c2)C1. The van der Waals surface area contributed by atoms with Crippen molar-refractivity contribution in [2.45, 2.75) is 31.9 Å². The fourth-order valence-electron chi connectivity index (χ4n) is 2.48. The topological polar surface area (TPSA) is 38.0 Å². The molecule has 1 aromatic heterocycles. The van der Waals surface area contributed by atoms with Gasteiger partial charge in [0.15, 0.2) is 0 Å². The smallest absolute Gasteiger partial charge is 0.123 e. The molecule has 2 aromatic rings. The van der Waals surface area contributed by atoms with Gasteiger partial charge in [0.2, 0.25) is 0 Å². The molecular formula is C14H15FN2O. The zero-order chi connectivity index (χ0) is 12.5. The van der Waals surface area contributed by atoms with Crippen LogP contribution in [-0.2, 0) is 19.4 Å². The molecule has 0 saturated heterocycles. The van der Waals surface area contributed by atoms with E-state index in [1.54, 1.807) is 12.1 Å². The highest BCUT2D eigenvalue weighted by atomic mass is 19.1. The minimum atomic E-state index is -0.254. The number of benzene rings is 1. The van der Waals surface area contributed by atoms with E-state index >= 15 is 0 Å². The first-order chi connectivity index (χ1) is 8.72. The second-order valence-electron chi connectivity index (χ2n) is 4.77. The lowest BCUT2D eigenvalue weighted by molar-refractivity contribution is 0.143. The van der Waals surface area contributed by atoms with Crippen molar-refractivity contribution in [3.63, 3.8) is 0 Å². The van der Waals surface area contributed by atoms with Gasteiger partial charge in [-0.3, -0.25) is 0 Å². The van der Waals surface area contributed by atoms with E-state index in [0.29, 0.717) is 12.8 Å². The molecular weight excluding hydrogens is 231 g/mol. The highest BCUT2D eigenvalue weighted by Gasteiger charge is 2.19. The van der Waals surface area contributed by atoms with Crippen molar-refractivity contribution in [1.29, 1.82) is 0 Å². The summed E-state index contributed by atoms with van der Waals surface area (Å²) in [4.78, 5) is 4.39. The van der Waals surface area contributed by atoms with Crippen LogP contribution in [0.5, 0.6) is 0 Å². The fourth-order valence-corrected chi connectivity index (χ4v) is 2.48. The third-order valence-electron chi connectivity index (χ3n) is 3.40. The Morgan fingerprint density at radius 2 is 2.33 bits per heavy atom. The predicted octanol–water partition coefficient (Wildman–Crippen LogP) is 1.92. The first-order valence-electron chi connectivity index (χ1n) is 6.18. The van der Waals surface area contributed by atoms with E-state index < -0.39 is 0 Å². The predicted molar refractivity (Wildman–Crippen MR) is 65.8 cm³/mol. The Hall–Kier alpha value is -1.68. The molecule has 0 bridgehead atoms. The third-order valence-corrected chi connectivity index (χ3v) is 3.40. The second-order valence-corrected chi connectivity index (χ2v) is 4.77. The monoisotopic (exact) mass is 246 g/mol. The molecule has 0 aliphatic carbocycles. The Bertz CT molecular complexity index is 565. The highest BCUT2D eigenvalue weighted by molar-refractivity contribution is 5.22. The van der Waals surface area contributed by atoms with Gasteiger partial charge in [-0.2, -0.15) is 0 Å². The van der Waals surface area contributed by atoms with Crippen LogP contribution in [0.3, 0.4) is 0 Å². The van der Waals surface area contributed by atoms with Crippen LogP contribution < -0.4 is 0 Å². The number of hydrogen-bond acceptors (Lipinski definition) is 2. The van der Waals surface area contributed by atoms with Gasteiger partial charge in [-0.05, 0) is 24.1 Å². The van der Waals surface area contributed by atoms with E-state index in [1.807, 2.05) is 12.3 Å². The van der Waals surface area contributed by atoms with Gasteiger partial charge in [-0.25, -0.2) is 9.37 Å². The zero-order valence-corrected chi connectivity index (χ0v) is 10.0. The van der Waals surface area contributed by atoms with Gasteiger partial charge >= 0.3 is 0 Å². The molecule has 1 aromatic carbocycles. The summed E-state index contributed by atoms with van der Waals surface area (Å²) >= 11 is 0. The second kappa shape index (κ2) is 4.53. The van der Waals surface area contributed by atoms with E-state index in [9.17, 15) is 9.50 Å². The molecule has 2 heterocycles. The Morgan fingerprint density at radius 1 is 1.44 bits per heavy atom. The molecule has 0 fully saturated rings. The van der Waals surface area contributed by atoms with Crippen LogP contribution in [0.15, 0.2) is 30.5 Å². The molecule has 0 amide bonds. The van der Waals surface area contributed by atoms with Crippen molar-refractivity contribution in [3.05, 3.63) is 53.4 Å². The molecule has 3 rings (SSSR count). The maximum Gasteiger partial charge on any atom is 0.123 e. The third kappa shape index (κ3) is 2.16. The number of aliphatic hydroxyl groups excluding tert-OH is 1. The average molecular weight is 246 g/mol. The number of imidazole rings is 1. The Labute approximate surface area is 105 Å². The van der Waals surface area contributed by atoms with Crippen LogP contribution in [0, 0.1) is 5.82 Å². The lowest BCUT2D eigenvalue weighted by atomic mass is 10.1. The van der Waals surface area contributed by atoms with E-state index in [2.05, 4.69) is 9.55 Å². The molecule has 3 nitrogen and oxygen atoms in total. The van der Waals surface area contributed by atoms with Crippen LogP contribution in [0.4, 0.5) is 4.39 Å². The number of halogens is 1. The number of rotatable bonds is 2. The lowest BCUT2D eigenvalue weighted by Crippen LogP contribution is -2.23. The maximum atomic E-state index is 13.1. The summed E-state index contributed by atoms with van der Waals surface area (Å²) in [5, 5.41) is 9.60. The number of fused-ring (bicyclic) bond motifs is 1. The summed E-state index contributed by atoms with van der Waals surface area (Å²) in [6, 6.07) is 6.61. The maximum absolute atomic E-state index is 13.1.